The van der Waals surface area contributed by atoms with E-state index < -0.39 is 5.97 Å². The smallest absolute Gasteiger partial charge is 2.00 e. The molecule has 0 aliphatic heterocycles. The van der Waals surface area contributed by atoms with Gasteiger partial charge in [-0.1, -0.05) is 32.6 Å². The second-order valence-corrected chi connectivity index (χ2v) is 2.56. The monoisotopic (exact) mass is 246 g/mol. The van der Waals surface area contributed by atoms with E-state index in [1.54, 1.807) is 0 Å². The summed E-state index contributed by atoms with van der Waals surface area (Å²) in [6.45, 7) is 2.15. The normalized spacial score (nSPS) is 6.47. The van der Waals surface area contributed by atoms with Crippen LogP contribution in [0, 0.1) is 0 Å². The Morgan fingerprint density at radius 1 is 0.933 bits per heavy atom. The number of hydrogen-bond acceptors (Lipinski definition) is 1. The van der Waals surface area contributed by atoms with Crippen LogP contribution in [-0.2, 0) is 21.2 Å². The van der Waals surface area contributed by atoms with Crippen molar-refractivity contribution in [3.63, 3.8) is 0 Å². The quantitative estimate of drug-likeness (QED) is 0.560. The van der Waals surface area contributed by atoms with Gasteiger partial charge in [-0.15, -0.1) is 0 Å². The molecule has 1 N–H and O–H groups in total. The van der Waals surface area contributed by atoms with Gasteiger partial charge in [0.15, 0.2) is 0 Å². The third-order valence-electron chi connectivity index (χ3n) is 1.49. The minimum atomic E-state index is -0.670. The molecule has 0 rings (SSSR count). The molecule has 0 radical (unpaired) electrons. The first-order chi connectivity index (χ1) is 4.77. The van der Waals surface area contributed by atoms with Gasteiger partial charge < -0.3 is 21.5 Å². The fourth-order valence-electron chi connectivity index (χ4n) is 0.880. The second-order valence-electron chi connectivity index (χ2n) is 2.56. The molecule has 0 aromatic heterocycles. The van der Waals surface area contributed by atoms with Crippen LogP contribution in [0.2, 0.25) is 0 Å². The molecule has 0 spiro atoms. The van der Waals surface area contributed by atoms with Crippen LogP contribution in [0.5, 0.6) is 0 Å². The van der Waals surface area contributed by atoms with Crippen molar-refractivity contribution >= 4 is 40.7 Å². The molecule has 7 heteroatoms. The molecule has 0 saturated carbocycles. The molecule has 0 fully saturated rings. The summed E-state index contributed by atoms with van der Waals surface area (Å²) in [6, 6.07) is 0. The van der Waals surface area contributed by atoms with Gasteiger partial charge in [0.2, 0.25) is 0 Å². The fourth-order valence-corrected chi connectivity index (χ4v) is 0.880. The van der Waals surface area contributed by atoms with Gasteiger partial charge in [-0.2, -0.15) is 0 Å². The van der Waals surface area contributed by atoms with Crippen molar-refractivity contribution < 1.29 is 26.3 Å². The van der Waals surface area contributed by atoms with E-state index in [1.807, 2.05) is 0 Å². The predicted octanol–water partition coefficient (Wildman–Crippen LogP) is 1.31. The zero-order valence-electron chi connectivity index (χ0n) is 8.98. The van der Waals surface area contributed by atoms with Crippen molar-refractivity contribution in [2.45, 2.75) is 45.4 Å². The topological polar surface area (TPSA) is 123 Å². The number of rotatable bonds is 6. The molecule has 0 aliphatic carbocycles. The van der Waals surface area contributed by atoms with Crippen molar-refractivity contribution in [3.8, 4) is 0 Å². The molecular weight excluding hydrogens is 230 g/mol. The van der Waals surface area contributed by atoms with E-state index in [9.17, 15) is 4.79 Å². The third-order valence-corrected chi connectivity index (χ3v) is 1.49. The molecule has 5 nitrogen and oxygen atoms in total. The predicted molar refractivity (Wildman–Crippen MR) is 54.6 cm³/mol. The van der Waals surface area contributed by atoms with Gasteiger partial charge in [-0.3, -0.25) is 4.79 Å². The molecule has 0 saturated heterocycles. The Hall–Kier alpha value is 0.415. The summed E-state index contributed by atoms with van der Waals surface area (Å²) >= 11 is 0. The van der Waals surface area contributed by atoms with E-state index in [1.165, 1.54) is 19.3 Å². The summed E-state index contributed by atoms with van der Waals surface area (Å²) in [6.07, 6.45) is 5.88. The van der Waals surface area contributed by atoms with E-state index in [0.29, 0.717) is 6.42 Å². The molecule has 0 bridgehead atoms. The zero-order chi connectivity index (χ0) is 7.82. The van der Waals surface area contributed by atoms with E-state index >= 15 is 0 Å². The summed E-state index contributed by atoms with van der Waals surface area (Å²) in [4.78, 5) is 10.0. The Bertz CT molecular complexity index is 103. The number of unbranched alkanes of at least 4 members (excludes halogenated alkanes) is 4. The van der Waals surface area contributed by atoms with Crippen molar-refractivity contribution in [1.82, 2.24) is 0 Å². The maximum Gasteiger partial charge on any atom is 3.00 e. The van der Waals surface area contributed by atoms with Crippen LogP contribution in [0.3, 0.4) is 0 Å². The van der Waals surface area contributed by atoms with Crippen LogP contribution in [0.4, 0.5) is 0 Å². The Balaban J connectivity index is -0.0000000405. The first-order valence-electron chi connectivity index (χ1n) is 3.99. The van der Waals surface area contributed by atoms with Crippen LogP contribution in [0.15, 0.2) is 0 Å². The van der Waals surface area contributed by atoms with E-state index in [0.717, 1.165) is 12.8 Å². The molecule has 0 atom stereocenters. The average molecular weight is 246 g/mol. The summed E-state index contributed by atoms with van der Waals surface area (Å²) in [5.41, 5.74) is 0. The SMILES string of the molecule is CCCCCCCC(=O)O.[Al+3].[Al+3].[O-2].[O-2].[O-2]. The minimum Gasteiger partial charge on any atom is -2.00 e. The van der Waals surface area contributed by atoms with E-state index in [2.05, 4.69) is 6.92 Å². The van der Waals surface area contributed by atoms with Crippen molar-refractivity contribution in [2.75, 3.05) is 0 Å². The van der Waals surface area contributed by atoms with Crippen molar-refractivity contribution in [2.24, 2.45) is 0 Å². The summed E-state index contributed by atoms with van der Waals surface area (Å²) in [7, 11) is 0. The van der Waals surface area contributed by atoms with Gasteiger partial charge in [0, 0.05) is 6.42 Å². The van der Waals surface area contributed by atoms with Crippen LogP contribution in [-0.4, -0.2) is 45.8 Å². The van der Waals surface area contributed by atoms with Gasteiger partial charge in [0.1, 0.15) is 0 Å². The third kappa shape index (κ3) is 40.4. The Labute approximate surface area is 112 Å². The first-order valence-corrected chi connectivity index (χ1v) is 3.99. The van der Waals surface area contributed by atoms with Gasteiger partial charge in [-0.25, -0.2) is 0 Å². The minimum absolute atomic E-state index is 0. The summed E-state index contributed by atoms with van der Waals surface area (Å²) < 4.78 is 0. The maximum atomic E-state index is 10.0. The van der Waals surface area contributed by atoms with Gasteiger partial charge in [0.25, 0.3) is 0 Å². The molecular formula is C8H16Al2O5. The van der Waals surface area contributed by atoms with Crippen molar-refractivity contribution in [3.05, 3.63) is 0 Å². The summed E-state index contributed by atoms with van der Waals surface area (Å²) in [5.74, 6) is -0.670. The molecule has 84 valence electrons. The van der Waals surface area contributed by atoms with Gasteiger partial charge >= 0.3 is 40.7 Å². The number of carboxylic acids is 1. The zero-order valence-corrected chi connectivity index (χ0v) is 11.3. The largest absolute Gasteiger partial charge is 3.00 e. The molecule has 15 heavy (non-hydrogen) atoms. The van der Waals surface area contributed by atoms with E-state index in [-0.39, 0.29) is 51.2 Å². The molecule has 0 aromatic carbocycles. The van der Waals surface area contributed by atoms with Crippen LogP contribution in [0.25, 0.3) is 0 Å². The maximum absolute atomic E-state index is 10.0. The standard InChI is InChI=1S/C8H16O2.2Al.3O/c1-2-3-4-5-6-7-8(9)10;;;;;/h2-7H2,1H3,(H,9,10);;;;;/q;2*+3;3*-2. The molecule has 0 aliphatic rings. The molecule has 0 amide bonds. The fraction of sp³-hybridized carbons (Fsp3) is 0.875. The Morgan fingerprint density at radius 2 is 1.33 bits per heavy atom. The molecule has 0 unspecified atom stereocenters. The number of carboxylic acid groups (broad SMARTS) is 1. The van der Waals surface area contributed by atoms with Crippen LogP contribution < -0.4 is 0 Å². The van der Waals surface area contributed by atoms with Crippen LogP contribution >= 0.6 is 0 Å². The van der Waals surface area contributed by atoms with Gasteiger partial charge in [-0.05, 0) is 6.42 Å². The number of aliphatic carboxylic acids is 1. The number of hydrogen-bond donors (Lipinski definition) is 1. The van der Waals surface area contributed by atoms with Crippen LogP contribution in [0.1, 0.15) is 45.4 Å². The Morgan fingerprint density at radius 3 is 1.67 bits per heavy atom. The average Bonchev–Trinajstić information content (AvgIpc) is 1.87. The van der Waals surface area contributed by atoms with Crippen molar-refractivity contribution in [1.29, 1.82) is 0 Å². The second kappa shape index (κ2) is 29.3. The first kappa shape index (κ1) is 36.1. The number of carbonyl (C=O) groups is 1. The molecule has 0 heterocycles. The Kier molecular flexibility index (Phi) is 70.5. The molecule has 0 aromatic rings. The van der Waals surface area contributed by atoms with E-state index in [4.69, 9.17) is 5.11 Å². The van der Waals surface area contributed by atoms with Gasteiger partial charge in [0.05, 0.1) is 0 Å². The summed E-state index contributed by atoms with van der Waals surface area (Å²) in [5, 5.41) is 8.27.